The Balaban J connectivity index is 1.55. The molecule has 0 spiro atoms. The quantitative estimate of drug-likeness (QED) is 0.285. The van der Waals surface area contributed by atoms with Crippen molar-refractivity contribution in [2.24, 2.45) is 7.05 Å². The van der Waals surface area contributed by atoms with Crippen molar-refractivity contribution < 1.29 is 23.4 Å². The molecule has 11 heteroatoms. The number of ether oxygens (including phenoxy) is 2. The van der Waals surface area contributed by atoms with Crippen LogP contribution >= 0.6 is 10.8 Å². The topological polar surface area (TPSA) is 123 Å². The van der Waals surface area contributed by atoms with E-state index in [1.807, 2.05) is 52.1 Å². The molecule has 0 aliphatic carbocycles. The molecule has 212 valence electrons. The molecule has 3 heterocycles. The van der Waals surface area contributed by atoms with Gasteiger partial charge in [0.2, 0.25) is 0 Å². The number of benzene rings is 2. The molecule has 5 rings (SSSR count). The molecule has 4 aromatic rings. The summed E-state index contributed by atoms with van der Waals surface area (Å²) in [6.07, 6.45) is 2.93. The first-order valence-electron chi connectivity index (χ1n) is 13.3. The van der Waals surface area contributed by atoms with Gasteiger partial charge in [-0.1, -0.05) is 29.5 Å². The van der Waals surface area contributed by atoms with Gasteiger partial charge < -0.3 is 9.47 Å². The van der Waals surface area contributed by atoms with E-state index in [1.165, 1.54) is 12.4 Å². The molecule has 2 aromatic carbocycles. The Morgan fingerprint density at radius 2 is 2.02 bits per heavy atom. The number of esters is 1. The summed E-state index contributed by atoms with van der Waals surface area (Å²) in [5.74, 6) is -0.193. The molecule has 0 bridgehead atoms. The number of fused-ring (bicyclic) bond motifs is 2. The van der Waals surface area contributed by atoms with E-state index in [9.17, 15) is 13.9 Å². The second kappa shape index (κ2) is 11.2. The SMILES string of the molecule is CCOC(=O)CC(c1ccc(C)c(CN2CC(C)Oc3cnccc3S2(O)O)c1)c1ccc2c(nnn2C)c1C. The smallest absolute Gasteiger partial charge is 0.306 e. The van der Waals surface area contributed by atoms with Gasteiger partial charge in [-0.2, -0.15) is 4.31 Å². The van der Waals surface area contributed by atoms with Crippen LogP contribution in [0.2, 0.25) is 0 Å². The average molecular weight is 566 g/mol. The van der Waals surface area contributed by atoms with Crippen LogP contribution in [-0.2, 0) is 23.1 Å². The zero-order valence-corrected chi connectivity index (χ0v) is 24.2. The van der Waals surface area contributed by atoms with Crippen molar-refractivity contribution in [2.45, 2.75) is 57.6 Å². The van der Waals surface area contributed by atoms with Gasteiger partial charge in [0.15, 0.2) is 5.75 Å². The third-order valence-corrected chi connectivity index (χ3v) is 9.37. The maximum absolute atomic E-state index is 12.8. The molecule has 0 radical (unpaired) electrons. The Morgan fingerprint density at radius 1 is 1.23 bits per heavy atom. The Labute approximate surface area is 235 Å². The standard InChI is InChI=1S/C29H35N5O5S/c1-6-38-28(35)14-24(23-9-10-25-29(20(23)4)31-32-33(25)5)21-8-7-18(2)22(13-21)17-34-16-19(3)39-26-15-30-12-11-27(26)40(34,36)37/h7-13,15,19,24,36-37H,6,14,16-17H2,1-5H3. The number of rotatable bonds is 7. The van der Waals surface area contributed by atoms with E-state index >= 15 is 0 Å². The van der Waals surface area contributed by atoms with Gasteiger partial charge in [-0.25, -0.2) is 4.68 Å². The minimum Gasteiger partial charge on any atom is -0.486 e. The van der Waals surface area contributed by atoms with Crippen molar-refractivity contribution in [3.8, 4) is 5.75 Å². The molecule has 2 aromatic heterocycles. The second-order valence-electron chi connectivity index (χ2n) is 10.2. The van der Waals surface area contributed by atoms with Gasteiger partial charge in [-0.15, -0.1) is 15.9 Å². The number of carbonyl (C=O) groups excluding carboxylic acids is 1. The lowest BCUT2D eigenvalue weighted by atomic mass is 9.84. The van der Waals surface area contributed by atoms with Crippen LogP contribution in [0.1, 0.15) is 54.0 Å². The van der Waals surface area contributed by atoms with Gasteiger partial charge in [-0.05, 0) is 67.6 Å². The highest BCUT2D eigenvalue weighted by molar-refractivity contribution is 8.22. The fraction of sp³-hybridized carbons (Fsp3) is 0.379. The predicted molar refractivity (Wildman–Crippen MR) is 153 cm³/mol. The maximum Gasteiger partial charge on any atom is 0.306 e. The Hall–Kier alpha value is -3.51. The third kappa shape index (κ3) is 5.29. The monoisotopic (exact) mass is 565 g/mol. The molecule has 1 aliphatic rings. The molecule has 1 aliphatic heterocycles. The first-order chi connectivity index (χ1) is 19.1. The summed E-state index contributed by atoms with van der Waals surface area (Å²) in [6.45, 7) is 8.59. The maximum atomic E-state index is 12.8. The lowest BCUT2D eigenvalue weighted by Crippen LogP contribution is -2.33. The van der Waals surface area contributed by atoms with Crippen LogP contribution in [0, 0.1) is 13.8 Å². The number of aromatic nitrogens is 4. The number of aryl methyl sites for hydroxylation is 3. The first kappa shape index (κ1) is 28.0. The third-order valence-electron chi connectivity index (χ3n) is 7.44. The summed E-state index contributed by atoms with van der Waals surface area (Å²) in [7, 11) is -1.48. The summed E-state index contributed by atoms with van der Waals surface area (Å²) in [5, 5.41) is 8.51. The summed E-state index contributed by atoms with van der Waals surface area (Å²) < 4.78 is 37.5. The Bertz CT molecular complexity index is 1560. The van der Waals surface area contributed by atoms with Crippen molar-refractivity contribution in [1.29, 1.82) is 0 Å². The van der Waals surface area contributed by atoms with E-state index < -0.39 is 10.8 Å². The minimum absolute atomic E-state index is 0.160. The lowest BCUT2D eigenvalue weighted by molar-refractivity contribution is -0.143. The molecule has 0 saturated heterocycles. The fourth-order valence-electron chi connectivity index (χ4n) is 5.31. The van der Waals surface area contributed by atoms with Gasteiger partial charge >= 0.3 is 5.97 Å². The van der Waals surface area contributed by atoms with Crippen molar-refractivity contribution in [3.63, 3.8) is 0 Å². The van der Waals surface area contributed by atoms with Crippen LogP contribution in [0.15, 0.2) is 53.7 Å². The lowest BCUT2D eigenvalue weighted by Gasteiger charge is -2.41. The fourth-order valence-corrected chi connectivity index (χ4v) is 6.94. The molecular weight excluding hydrogens is 530 g/mol. The van der Waals surface area contributed by atoms with Crippen LogP contribution in [0.4, 0.5) is 0 Å². The van der Waals surface area contributed by atoms with Gasteiger partial charge in [0.1, 0.15) is 16.5 Å². The summed E-state index contributed by atoms with van der Waals surface area (Å²) >= 11 is 0. The number of hydrogen-bond donors (Lipinski definition) is 2. The molecule has 2 atom stereocenters. The zero-order chi connectivity index (χ0) is 28.6. The van der Waals surface area contributed by atoms with Crippen LogP contribution in [0.3, 0.4) is 0 Å². The summed E-state index contributed by atoms with van der Waals surface area (Å²) in [4.78, 5) is 17.2. The molecule has 40 heavy (non-hydrogen) atoms. The van der Waals surface area contributed by atoms with Crippen molar-refractivity contribution in [1.82, 2.24) is 24.3 Å². The highest BCUT2D eigenvalue weighted by Gasteiger charge is 2.34. The summed E-state index contributed by atoms with van der Waals surface area (Å²) in [5.41, 5.74) is 6.50. The zero-order valence-electron chi connectivity index (χ0n) is 23.4. The summed E-state index contributed by atoms with van der Waals surface area (Å²) in [6, 6.07) is 11.7. The highest BCUT2D eigenvalue weighted by atomic mass is 32.3. The number of hydrogen-bond acceptors (Lipinski definition) is 9. The number of nitrogens with zero attached hydrogens (tertiary/aromatic N) is 5. The molecule has 0 fully saturated rings. The number of carbonyl (C=O) groups is 1. The second-order valence-corrected chi connectivity index (χ2v) is 12.2. The minimum atomic E-state index is -3.33. The molecular formula is C29H35N5O5S. The number of pyridine rings is 1. The van der Waals surface area contributed by atoms with Crippen molar-refractivity contribution >= 4 is 27.8 Å². The average Bonchev–Trinajstić information content (AvgIpc) is 3.26. The van der Waals surface area contributed by atoms with E-state index in [4.69, 9.17) is 9.47 Å². The van der Waals surface area contributed by atoms with Crippen LogP contribution < -0.4 is 4.74 Å². The molecule has 2 unspecified atom stereocenters. The van der Waals surface area contributed by atoms with Gasteiger partial charge in [-0.3, -0.25) is 18.9 Å². The van der Waals surface area contributed by atoms with E-state index in [2.05, 4.69) is 21.4 Å². The molecule has 0 amide bonds. The van der Waals surface area contributed by atoms with E-state index in [0.29, 0.717) is 23.8 Å². The van der Waals surface area contributed by atoms with Crippen LogP contribution in [0.5, 0.6) is 5.75 Å². The molecule has 0 saturated carbocycles. The highest BCUT2D eigenvalue weighted by Crippen LogP contribution is 2.57. The molecule has 2 N–H and O–H groups in total. The van der Waals surface area contributed by atoms with Gasteiger partial charge in [0.25, 0.3) is 0 Å². The largest absolute Gasteiger partial charge is 0.486 e. The van der Waals surface area contributed by atoms with Gasteiger partial charge in [0.05, 0.1) is 31.3 Å². The van der Waals surface area contributed by atoms with Crippen molar-refractivity contribution in [3.05, 3.63) is 76.6 Å². The molecule has 10 nitrogen and oxygen atoms in total. The van der Waals surface area contributed by atoms with Crippen LogP contribution in [-0.4, -0.2) is 58.6 Å². The van der Waals surface area contributed by atoms with E-state index in [1.54, 1.807) is 22.0 Å². The first-order valence-corrected chi connectivity index (χ1v) is 14.8. The van der Waals surface area contributed by atoms with E-state index in [0.717, 1.165) is 38.9 Å². The van der Waals surface area contributed by atoms with Crippen molar-refractivity contribution in [2.75, 3.05) is 13.2 Å². The van der Waals surface area contributed by atoms with Crippen LogP contribution in [0.25, 0.3) is 11.0 Å². The normalized spacial score (nSPS) is 18.4. The van der Waals surface area contributed by atoms with Gasteiger partial charge in [0, 0.05) is 25.7 Å². The Kier molecular flexibility index (Phi) is 7.83. The van der Waals surface area contributed by atoms with E-state index in [-0.39, 0.29) is 31.0 Å². The Morgan fingerprint density at radius 3 is 2.80 bits per heavy atom. The predicted octanol–water partition coefficient (Wildman–Crippen LogP) is 5.37.